The van der Waals surface area contributed by atoms with Gasteiger partial charge in [0.05, 0.1) is 12.1 Å². The van der Waals surface area contributed by atoms with Gasteiger partial charge in [-0.1, -0.05) is 29.8 Å². The van der Waals surface area contributed by atoms with Gasteiger partial charge < -0.3 is 5.11 Å². The molecule has 0 spiro atoms. The summed E-state index contributed by atoms with van der Waals surface area (Å²) in [5.74, 6) is -1.68. The minimum absolute atomic E-state index is 0.0432. The smallest absolute Gasteiger partial charge is 0.309 e. The van der Waals surface area contributed by atoms with E-state index in [0.717, 1.165) is 11.1 Å². The number of rotatable bonds is 3. The number of halogens is 1. The number of carboxylic acid groups (broad SMARTS) is 1. The number of hydrogen-bond donors (Lipinski definition) is 1. The monoisotopic (exact) mass is 245 g/mol. The van der Waals surface area contributed by atoms with Crippen LogP contribution in [0.25, 0.3) is 11.1 Å². The van der Waals surface area contributed by atoms with Crippen molar-refractivity contribution in [2.45, 2.75) is 13.3 Å². The molecule has 0 amide bonds. The number of nitrogens with zero attached hydrogens (tertiary/aromatic N) is 1. The first-order chi connectivity index (χ1) is 8.56. The molecular formula is C14H12FNO2. The van der Waals surface area contributed by atoms with Crippen molar-refractivity contribution in [1.29, 1.82) is 0 Å². The molecule has 0 aliphatic rings. The Morgan fingerprint density at radius 3 is 2.50 bits per heavy atom. The van der Waals surface area contributed by atoms with Crippen LogP contribution in [0.3, 0.4) is 0 Å². The van der Waals surface area contributed by atoms with Gasteiger partial charge in [-0.05, 0) is 18.6 Å². The second-order valence-corrected chi connectivity index (χ2v) is 4.09. The highest BCUT2D eigenvalue weighted by Crippen LogP contribution is 2.21. The van der Waals surface area contributed by atoms with Gasteiger partial charge in [-0.3, -0.25) is 9.78 Å². The van der Waals surface area contributed by atoms with Crippen LogP contribution in [0, 0.1) is 12.7 Å². The fourth-order valence-electron chi connectivity index (χ4n) is 1.64. The summed E-state index contributed by atoms with van der Waals surface area (Å²) in [5, 5.41) is 8.60. The minimum atomic E-state index is -1.09. The van der Waals surface area contributed by atoms with Crippen LogP contribution < -0.4 is 0 Å². The van der Waals surface area contributed by atoms with Gasteiger partial charge in [0.1, 0.15) is 5.82 Å². The van der Waals surface area contributed by atoms with E-state index in [1.165, 1.54) is 12.3 Å². The number of aryl methyl sites for hydroxylation is 1. The Kier molecular flexibility index (Phi) is 3.37. The van der Waals surface area contributed by atoms with Gasteiger partial charge in [0, 0.05) is 11.8 Å². The van der Waals surface area contributed by atoms with Crippen molar-refractivity contribution < 1.29 is 14.3 Å². The SMILES string of the molecule is Cc1ccc(-c2cnc(CC(=O)O)c(F)c2)cc1. The lowest BCUT2D eigenvalue weighted by Gasteiger charge is -2.04. The Hall–Kier alpha value is -2.23. The van der Waals surface area contributed by atoms with Crippen molar-refractivity contribution in [2.75, 3.05) is 0 Å². The molecule has 2 rings (SSSR count). The Balaban J connectivity index is 2.33. The van der Waals surface area contributed by atoms with E-state index in [1.54, 1.807) is 0 Å². The maximum Gasteiger partial charge on any atom is 0.309 e. The van der Waals surface area contributed by atoms with Crippen LogP contribution in [0.15, 0.2) is 36.5 Å². The number of aromatic nitrogens is 1. The molecule has 0 aliphatic carbocycles. The largest absolute Gasteiger partial charge is 0.481 e. The van der Waals surface area contributed by atoms with Crippen LogP contribution in [-0.2, 0) is 11.2 Å². The van der Waals surface area contributed by atoms with Gasteiger partial charge in [-0.25, -0.2) is 4.39 Å². The summed E-state index contributed by atoms with van der Waals surface area (Å²) in [4.78, 5) is 14.4. The molecule has 0 saturated heterocycles. The molecule has 1 aromatic carbocycles. The molecule has 4 heteroatoms. The van der Waals surface area contributed by atoms with E-state index in [1.807, 2.05) is 31.2 Å². The first-order valence-electron chi connectivity index (χ1n) is 5.49. The average molecular weight is 245 g/mol. The predicted molar refractivity (Wildman–Crippen MR) is 65.7 cm³/mol. The third-order valence-electron chi connectivity index (χ3n) is 2.62. The number of hydrogen-bond acceptors (Lipinski definition) is 2. The summed E-state index contributed by atoms with van der Waals surface area (Å²) in [5.41, 5.74) is 2.57. The average Bonchev–Trinajstić information content (AvgIpc) is 2.32. The zero-order chi connectivity index (χ0) is 13.1. The second-order valence-electron chi connectivity index (χ2n) is 4.09. The summed E-state index contributed by atoms with van der Waals surface area (Å²) in [7, 11) is 0. The molecule has 0 bridgehead atoms. The zero-order valence-corrected chi connectivity index (χ0v) is 9.85. The fourth-order valence-corrected chi connectivity index (χ4v) is 1.64. The maximum atomic E-state index is 13.6. The molecule has 18 heavy (non-hydrogen) atoms. The molecule has 1 aromatic heterocycles. The standard InChI is InChI=1S/C14H12FNO2/c1-9-2-4-10(5-3-9)11-6-12(15)13(16-8-11)7-14(17)18/h2-6,8H,7H2,1H3,(H,17,18). The Bertz CT molecular complexity index is 579. The van der Waals surface area contributed by atoms with E-state index < -0.39 is 18.2 Å². The molecule has 0 unspecified atom stereocenters. The van der Waals surface area contributed by atoms with E-state index in [2.05, 4.69) is 4.98 Å². The first kappa shape index (κ1) is 12.2. The van der Waals surface area contributed by atoms with Crippen molar-refractivity contribution in [2.24, 2.45) is 0 Å². The van der Waals surface area contributed by atoms with Crippen molar-refractivity contribution in [3.05, 3.63) is 53.6 Å². The van der Waals surface area contributed by atoms with Crippen LogP contribution in [-0.4, -0.2) is 16.1 Å². The van der Waals surface area contributed by atoms with Crippen molar-refractivity contribution in [3.8, 4) is 11.1 Å². The van der Waals surface area contributed by atoms with Gasteiger partial charge in [0.2, 0.25) is 0 Å². The van der Waals surface area contributed by atoms with E-state index in [-0.39, 0.29) is 5.69 Å². The molecule has 92 valence electrons. The van der Waals surface area contributed by atoms with Crippen LogP contribution in [0.5, 0.6) is 0 Å². The van der Waals surface area contributed by atoms with E-state index >= 15 is 0 Å². The molecular weight excluding hydrogens is 233 g/mol. The number of pyridine rings is 1. The molecule has 1 heterocycles. The third kappa shape index (κ3) is 2.71. The minimum Gasteiger partial charge on any atom is -0.481 e. The van der Waals surface area contributed by atoms with Crippen molar-refractivity contribution >= 4 is 5.97 Å². The maximum absolute atomic E-state index is 13.6. The lowest BCUT2D eigenvalue weighted by Crippen LogP contribution is -2.05. The van der Waals surface area contributed by atoms with Crippen LogP contribution in [0.1, 0.15) is 11.3 Å². The summed E-state index contributed by atoms with van der Waals surface area (Å²) >= 11 is 0. The Morgan fingerprint density at radius 2 is 1.94 bits per heavy atom. The van der Waals surface area contributed by atoms with Crippen molar-refractivity contribution in [1.82, 2.24) is 4.98 Å². The first-order valence-corrected chi connectivity index (χ1v) is 5.49. The Labute approximate surface area is 104 Å². The summed E-state index contributed by atoms with van der Waals surface area (Å²) in [6.45, 7) is 1.97. The van der Waals surface area contributed by atoms with Crippen LogP contribution in [0.2, 0.25) is 0 Å². The molecule has 0 atom stereocenters. The molecule has 0 fully saturated rings. The molecule has 3 nitrogen and oxygen atoms in total. The van der Waals surface area contributed by atoms with Gasteiger partial charge in [-0.15, -0.1) is 0 Å². The van der Waals surface area contributed by atoms with Crippen LogP contribution in [0.4, 0.5) is 4.39 Å². The summed E-state index contributed by atoms with van der Waals surface area (Å²) in [6.07, 6.45) is 1.09. The quantitative estimate of drug-likeness (QED) is 0.904. The predicted octanol–water partition coefficient (Wildman–Crippen LogP) is 2.82. The van der Waals surface area contributed by atoms with Gasteiger partial charge in [0.15, 0.2) is 0 Å². The normalized spacial score (nSPS) is 10.3. The highest BCUT2D eigenvalue weighted by atomic mass is 19.1. The number of carbonyl (C=O) groups is 1. The number of aliphatic carboxylic acids is 1. The zero-order valence-electron chi connectivity index (χ0n) is 9.85. The second kappa shape index (κ2) is 4.96. The third-order valence-corrected chi connectivity index (χ3v) is 2.62. The summed E-state index contributed by atoms with van der Waals surface area (Å²) in [6, 6.07) is 8.93. The van der Waals surface area contributed by atoms with Gasteiger partial charge in [-0.2, -0.15) is 0 Å². The van der Waals surface area contributed by atoms with Crippen molar-refractivity contribution in [3.63, 3.8) is 0 Å². The molecule has 2 aromatic rings. The fraction of sp³-hybridized carbons (Fsp3) is 0.143. The van der Waals surface area contributed by atoms with E-state index in [9.17, 15) is 9.18 Å². The number of benzene rings is 1. The molecule has 0 aliphatic heterocycles. The van der Waals surface area contributed by atoms with Gasteiger partial charge >= 0.3 is 5.97 Å². The molecule has 0 saturated carbocycles. The Morgan fingerprint density at radius 1 is 1.28 bits per heavy atom. The van der Waals surface area contributed by atoms with Gasteiger partial charge in [0.25, 0.3) is 0 Å². The van der Waals surface area contributed by atoms with E-state index in [0.29, 0.717) is 5.56 Å². The topological polar surface area (TPSA) is 50.2 Å². The highest BCUT2D eigenvalue weighted by molar-refractivity contribution is 5.70. The van der Waals surface area contributed by atoms with Crippen LogP contribution >= 0.6 is 0 Å². The van der Waals surface area contributed by atoms with E-state index in [4.69, 9.17) is 5.11 Å². The molecule has 0 radical (unpaired) electrons. The highest BCUT2D eigenvalue weighted by Gasteiger charge is 2.10. The lowest BCUT2D eigenvalue weighted by molar-refractivity contribution is -0.136. The lowest BCUT2D eigenvalue weighted by atomic mass is 10.1. The summed E-state index contributed by atoms with van der Waals surface area (Å²) < 4.78 is 13.6. The number of carboxylic acids is 1. The molecule has 1 N–H and O–H groups in total.